The number of benzene rings is 3. The topological polar surface area (TPSA) is 102 Å². The van der Waals surface area contributed by atoms with Crippen LogP contribution in [0.4, 0.5) is 5.82 Å². The molecule has 0 aliphatic carbocycles. The lowest BCUT2D eigenvalue weighted by atomic mass is 9.98. The van der Waals surface area contributed by atoms with E-state index in [0.29, 0.717) is 17.9 Å². The third-order valence-corrected chi connectivity index (χ3v) is 6.42. The Kier molecular flexibility index (Phi) is 6.36. The monoisotopic (exact) mass is 477 g/mol. The van der Waals surface area contributed by atoms with Crippen molar-refractivity contribution < 1.29 is 9.59 Å². The van der Waals surface area contributed by atoms with Crippen molar-refractivity contribution in [1.82, 2.24) is 20.2 Å². The molecule has 5 aromatic rings. The van der Waals surface area contributed by atoms with Gasteiger partial charge in [-0.15, -0.1) is 0 Å². The molecule has 0 radical (unpaired) electrons. The van der Waals surface area contributed by atoms with Gasteiger partial charge in [-0.1, -0.05) is 66.7 Å². The number of nitrogen functional groups attached to an aromatic ring is 1. The lowest BCUT2D eigenvalue weighted by Gasteiger charge is -2.20. The van der Waals surface area contributed by atoms with Gasteiger partial charge in [-0.2, -0.15) is 0 Å². The quantitative estimate of drug-likeness (QED) is 0.330. The van der Waals surface area contributed by atoms with Crippen LogP contribution in [-0.4, -0.2) is 27.4 Å². The summed E-state index contributed by atoms with van der Waals surface area (Å²) < 4.78 is 1.84. The van der Waals surface area contributed by atoms with Gasteiger partial charge in [0.15, 0.2) is 0 Å². The molecule has 0 spiro atoms. The van der Waals surface area contributed by atoms with Gasteiger partial charge < -0.3 is 20.9 Å². The molecule has 36 heavy (non-hydrogen) atoms. The SMILES string of the molecule is Cn1c(C(=O)N[C@@H](Cc2cccc3ccccc23)C(=O)NCc2ccc(N)nc2)cc2ccccc21. The first-order valence-corrected chi connectivity index (χ1v) is 11.8. The maximum Gasteiger partial charge on any atom is 0.268 e. The average molecular weight is 478 g/mol. The van der Waals surface area contributed by atoms with Crippen molar-refractivity contribution >= 4 is 39.3 Å². The fraction of sp³-hybridized carbons (Fsp3) is 0.138. The number of pyridine rings is 1. The van der Waals surface area contributed by atoms with Crippen LogP contribution in [0.2, 0.25) is 0 Å². The number of anilines is 1. The van der Waals surface area contributed by atoms with Crippen LogP contribution in [0.25, 0.3) is 21.7 Å². The number of fused-ring (bicyclic) bond motifs is 2. The van der Waals surface area contributed by atoms with Crippen molar-refractivity contribution in [2.75, 3.05) is 5.73 Å². The van der Waals surface area contributed by atoms with Gasteiger partial charge in [-0.3, -0.25) is 9.59 Å². The minimum Gasteiger partial charge on any atom is -0.384 e. The summed E-state index contributed by atoms with van der Waals surface area (Å²) >= 11 is 0. The number of hydrogen-bond acceptors (Lipinski definition) is 4. The Morgan fingerprint density at radius 3 is 2.47 bits per heavy atom. The van der Waals surface area contributed by atoms with Gasteiger partial charge in [0.2, 0.25) is 5.91 Å². The Morgan fingerprint density at radius 1 is 0.944 bits per heavy atom. The van der Waals surface area contributed by atoms with Crippen molar-refractivity contribution in [1.29, 1.82) is 0 Å². The Balaban J connectivity index is 1.42. The molecule has 5 rings (SSSR count). The van der Waals surface area contributed by atoms with E-state index in [0.717, 1.165) is 32.8 Å². The fourth-order valence-electron chi connectivity index (χ4n) is 4.49. The van der Waals surface area contributed by atoms with Crippen molar-refractivity contribution in [2.45, 2.75) is 19.0 Å². The zero-order valence-electron chi connectivity index (χ0n) is 19.9. The Labute approximate surface area is 209 Å². The van der Waals surface area contributed by atoms with Crippen LogP contribution in [0.15, 0.2) is 91.1 Å². The molecule has 0 unspecified atom stereocenters. The molecule has 0 aliphatic rings. The molecule has 0 fully saturated rings. The summed E-state index contributed by atoms with van der Waals surface area (Å²) in [5, 5.41) is 9.04. The van der Waals surface area contributed by atoms with Gasteiger partial charge in [0, 0.05) is 37.1 Å². The standard InChI is InChI=1S/C29H27N5O2/c1-34-25-12-5-3-8-22(25)16-26(34)29(36)33-24(28(35)32-18-19-13-14-27(30)31-17-19)15-21-10-6-9-20-7-2-4-11-23(20)21/h2-14,16-17,24H,15,18H2,1H3,(H2,30,31)(H,32,35)(H,33,36)/t24-/m0/s1. The second kappa shape index (κ2) is 9.92. The van der Waals surface area contributed by atoms with Crippen LogP contribution in [0.1, 0.15) is 21.6 Å². The molecule has 7 heteroatoms. The molecular formula is C29H27N5O2. The molecule has 0 bridgehead atoms. The largest absolute Gasteiger partial charge is 0.384 e. The number of nitrogens with two attached hydrogens (primary N) is 1. The molecule has 2 amide bonds. The van der Waals surface area contributed by atoms with Crippen LogP contribution in [-0.2, 0) is 24.8 Å². The number of amides is 2. The second-order valence-electron chi connectivity index (χ2n) is 8.82. The summed E-state index contributed by atoms with van der Waals surface area (Å²) in [6.07, 6.45) is 1.98. The first-order chi connectivity index (χ1) is 17.5. The molecule has 0 saturated heterocycles. The van der Waals surface area contributed by atoms with Crippen LogP contribution >= 0.6 is 0 Å². The smallest absolute Gasteiger partial charge is 0.268 e. The van der Waals surface area contributed by atoms with Crippen LogP contribution < -0.4 is 16.4 Å². The number of nitrogens with one attached hydrogen (secondary N) is 2. The van der Waals surface area contributed by atoms with Crippen molar-refractivity contribution in [3.05, 3.63) is 108 Å². The molecule has 2 aromatic heterocycles. The first-order valence-electron chi connectivity index (χ1n) is 11.8. The van der Waals surface area contributed by atoms with Crippen LogP contribution in [0.3, 0.4) is 0 Å². The highest BCUT2D eigenvalue weighted by Crippen LogP contribution is 2.21. The van der Waals surface area contributed by atoms with Gasteiger partial charge >= 0.3 is 0 Å². The van der Waals surface area contributed by atoms with Crippen LogP contribution in [0.5, 0.6) is 0 Å². The van der Waals surface area contributed by atoms with Crippen LogP contribution in [0, 0.1) is 0 Å². The molecule has 3 aromatic carbocycles. The average Bonchev–Trinajstić information content (AvgIpc) is 3.24. The molecule has 0 aliphatic heterocycles. The maximum absolute atomic E-state index is 13.4. The van der Waals surface area contributed by atoms with Gasteiger partial charge in [0.25, 0.3) is 5.91 Å². The van der Waals surface area contributed by atoms with Crippen molar-refractivity contribution in [3.8, 4) is 0 Å². The van der Waals surface area contributed by atoms with Gasteiger partial charge in [-0.25, -0.2) is 4.98 Å². The van der Waals surface area contributed by atoms with Gasteiger partial charge in [0.1, 0.15) is 17.6 Å². The minimum atomic E-state index is -0.775. The highest BCUT2D eigenvalue weighted by atomic mass is 16.2. The van der Waals surface area contributed by atoms with E-state index in [9.17, 15) is 9.59 Å². The maximum atomic E-state index is 13.4. The highest BCUT2D eigenvalue weighted by molar-refractivity contribution is 6.01. The summed E-state index contributed by atoms with van der Waals surface area (Å²) in [4.78, 5) is 30.8. The summed E-state index contributed by atoms with van der Waals surface area (Å²) in [6.45, 7) is 0.280. The summed E-state index contributed by atoms with van der Waals surface area (Å²) in [7, 11) is 1.85. The summed E-state index contributed by atoms with van der Waals surface area (Å²) in [6, 6.07) is 26.4. The Hall–Kier alpha value is -4.65. The van der Waals surface area contributed by atoms with E-state index in [-0.39, 0.29) is 18.4 Å². The number of aryl methyl sites for hydroxylation is 1. The number of carbonyl (C=O) groups excluding carboxylic acids is 2. The molecule has 4 N–H and O–H groups in total. The van der Waals surface area contributed by atoms with E-state index in [1.807, 2.05) is 90.5 Å². The zero-order valence-corrected chi connectivity index (χ0v) is 19.9. The molecule has 0 saturated carbocycles. The normalized spacial score (nSPS) is 11.9. The van der Waals surface area contributed by atoms with E-state index in [4.69, 9.17) is 5.73 Å². The molecule has 1 atom stereocenters. The molecular weight excluding hydrogens is 450 g/mol. The van der Waals surface area contributed by atoms with Gasteiger partial charge in [-0.05, 0) is 40.1 Å². The summed E-state index contributed by atoms with van der Waals surface area (Å²) in [5.41, 5.74) is 8.92. The predicted octanol–water partition coefficient (Wildman–Crippen LogP) is 3.97. The Bertz CT molecular complexity index is 1550. The van der Waals surface area contributed by atoms with E-state index < -0.39 is 6.04 Å². The first kappa shape index (κ1) is 23.1. The number of aromatic nitrogens is 2. The number of rotatable bonds is 7. The molecule has 180 valence electrons. The van der Waals surface area contributed by atoms with Crippen molar-refractivity contribution in [2.24, 2.45) is 7.05 Å². The molecule has 7 nitrogen and oxygen atoms in total. The number of para-hydroxylation sites is 1. The fourth-order valence-corrected chi connectivity index (χ4v) is 4.49. The lowest BCUT2D eigenvalue weighted by Crippen LogP contribution is -2.48. The van der Waals surface area contributed by atoms with E-state index >= 15 is 0 Å². The Morgan fingerprint density at radius 2 is 1.69 bits per heavy atom. The van der Waals surface area contributed by atoms with E-state index in [2.05, 4.69) is 15.6 Å². The predicted molar refractivity (Wildman–Crippen MR) is 142 cm³/mol. The van der Waals surface area contributed by atoms with Crippen molar-refractivity contribution in [3.63, 3.8) is 0 Å². The summed E-state index contributed by atoms with van der Waals surface area (Å²) in [5.74, 6) is -0.156. The van der Waals surface area contributed by atoms with E-state index in [1.54, 1.807) is 12.3 Å². The van der Waals surface area contributed by atoms with E-state index in [1.165, 1.54) is 0 Å². The lowest BCUT2D eigenvalue weighted by molar-refractivity contribution is -0.123. The highest BCUT2D eigenvalue weighted by Gasteiger charge is 2.24. The molecule has 2 heterocycles. The third kappa shape index (κ3) is 4.77. The second-order valence-corrected chi connectivity index (χ2v) is 8.82. The minimum absolute atomic E-state index is 0.271. The number of nitrogens with zero attached hydrogens (tertiary/aromatic N) is 2. The number of carbonyl (C=O) groups is 2. The number of hydrogen-bond donors (Lipinski definition) is 3. The third-order valence-electron chi connectivity index (χ3n) is 6.42. The zero-order chi connectivity index (χ0) is 25.1. The van der Waals surface area contributed by atoms with Gasteiger partial charge in [0.05, 0.1) is 0 Å².